The highest BCUT2D eigenvalue weighted by Crippen LogP contribution is 2.54. The van der Waals surface area contributed by atoms with Gasteiger partial charge < -0.3 is 29.7 Å². The third-order valence-electron chi connectivity index (χ3n) is 9.13. The Morgan fingerprint density at radius 2 is 1.93 bits per heavy atom. The number of allylic oxidation sites excluding steroid dienone is 1. The molecular formula is C32H40N6O7. The Balaban J connectivity index is 1.42. The monoisotopic (exact) mass is 620 g/mol. The van der Waals surface area contributed by atoms with Gasteiger partial charge in [0.15, 0.2) is 0 Å². The molecule has 4 aliphatic heterocycles. The highest BCUT2D eigenvalue weighted by Gasteiger charge is 2.72. The van der Waals surface area contributed by atoms with Gasteiger partial charge in [0.1, 0.15) is 35.9 Å². The number of likely N-dealkylation sites (tertiary alicyclic amines) is 1. The van der Waals surface area contributed by atoms with Crippen molar-refractivity contribution in [1.82, 2.24) is 30.1 Å². The fourth-order valence-electron chi connectivity index (χ4n) is 7.17. The number of hydrogen-bond donors (Lipinski definition) is 2. The number of fused-ring (bicyclic) bond motifs is 3. The van der Waals surface area contributed by atoms with E-state index in [0.29, 0.717) is 18.4 Å². The van der Waals surface area contributed by atoms with E-state index in [0.717, 1.165) is 5.52 Å². The summed E-state index contributed by atoms with van der Waals surface area (Å²) < 4.78 is 14.1. The third-order valence-corrected chi connectivity index (χ3v) is 9.13. The Hall–Kier alpha value is -4.10. The third kappa shape index (κ3) is 5.52. The van der Waals surface area contributed by atoms with Gasteiger partial charge >= 0.3 is 5.97 Å². The molecule has 3 amide bonds. The summed E-state index contributed by atoms with van der Waals surface area (Å²) in [6.45, 7) is 5.70. The van der Waals surface area contributed by atoms with Crippen LogP contribution in [0.1, 0.15) is 40.0 Å². The summed E-state index contributed by atoms with van der Waals surface area (Å²) >= 11 is 0. The van der Waals surface area contributed by atoms with Crippen LogP contribution in [0.15, 0.2) is 48.6 Å². The smallest absolute Gasteiger partial charge is 0.313 e. The van der Waals surface area contributed by atoms with Gasteiger partial charge in [0.05, 0.1) is 36.7 Å². The zero-order chi connectivity index (χ0) is 31.9. The van der Waals surface area contributed by atoms with E-state index >= 15 is 0 Å². The maximum absolute atomic E-state index is 14.7. The van der Waals surface area contributed by atoms with Crippen LogP contribution in [0.4, 0.5) is 0 Å². The molecule has 6 rings (SSSR count). The number of carbonyl (C=O) groups is 4. The molecular weight excluding hydrogens is 580 g/mol. The Labute approximate surface area is 261 Å². The van der Waals surface area contributed by atoms with Crippen LogP contribution in [-0.4, -0.2) is 103 Å². The lowest BCUT2D eigenvalue weighted by molar-refractivity contribution is -0.160. The zero-order valence-corrected chi connectivity index (χ0v) is 25.7. The van der Waals surface area contributed by atoms with Crippen molar-refractivity contribution in [2.45, 2.75) is 76.6 Å². The second-order valence-corrected chi connectivity index (χ2v) is 12.8. The Morgan fingerprint density at radius 3 is 2.71 bits per heavy atom. The van der Waals surface area contributed by atoms with E-state index in [-0.39, 0.29) is 50.5 Å². The van der Waals surface area contributed by atoms with Gasteiger partial charge in [-0.1, -0.05) is 55.5 Å². The summed E-state index contributed by atoms with van der Waals surface area (Å²) in [4.78, 5) is 58.4. The summed E-state index contributed by atoms with van der Waals surface area (Å²) in [6, 6.07) is 5.61. The number of cyclic esters (lactones) is 1. The first kappa shape index (κ1) is 30.9. The van der Waals surface area contributed by atoms with E-state index in [1.54, 1.807) is 40.8 Å². The van der Waals surface area contributed by atoms with Gasteiger partial charge in [-0.2, -0.15) is 0 Å². The molecule has 7 atom stereocenters. The number of aliphatic hydroxyl groups excluding tert-OH is 1. The number of amides is 3. The lowest BCUT2D eigenvalue weighted by Gasteiger charge is -2.39. The second-order valence-electron chi connectivity index (χ2n) is 12.8. The number of para-hydroxylation sites is 1. The highest BCUT2D eigenvalue weighted by atomic mass is 16.6. The summed E-state index contributed by atoms with van der Waals surface area (Å²) in [7, 11) is 0. The molecule has 4 aliphatic rings. The molecule has 1 aromatic carbocycles. The van der Waals surface area contributed by atoms with Crippen molar-refractivity contribution >= 4 is 34.7 Å². The maximum atomic E-state index is 14.7. The number of aliphatic hydroxyl groups is 1. The van der Waals surface area contributed by atoms with Gasteiger partial charge in [0, 0.05) is 13.0 Å². The zero-order valence-electron chi connectivity index (χ0n) is 25.7. The van der Waals surface area contributed by atoms with E-state index < -0.39 is 53.6 Å². The SMILES string of the molecule is CC(C)C[C@H](CO)N1C(=O)[C@H]2[C@@H]3C(=O)O[C@@H](C)CNC(=O)CC/C=C\[C@@H]3O[C@]23C=CCN(Cn2nnc4ccccc42)C(=O)[C@H]13. The van der Waals surface area contributed by atoms with E-state index in [4.69, 9.17) is 9.47 Å². The van der Waals surface area contributed by atoms with Gasteiger partial charge in [0.2, 0.25) is 11.8 Å². The standard InChI is InChI=1S/C32H40N6O7/c1-19(2)15-21(17-39)38-28-30(42)36(18-37-23-10-5-4-9-22(23)34-35-37)14-8-13-32(28)27(29(38)41)26-24(45-32)11-6-7-12-25(40)33-16-20(3)44-31(26)43/h4-6,8-11,13,19-21,24,26-28,39H,7,12,14-18H2,1-3H3,(H,33,40)/b11-6-/t20-,21+,24-,26+,27+,28-,32+/m0/s1. The van der Waals surface area contributed by atoms with Crippen LogP contribution in [-0.2, 0) is 35.3 Å². The summed E-state index contributed by atoms with van der Waals surface area (Å²) in [5.74, 6) is -3.61. The minimum atomic E-state index is -1.49. The molecule has 5 heterocycles. The van der Waals surface area contributed by atoms with Crippen molar-refractivity contribution in [2.24, 2.45) is 17.8 Å². The molecule has 0 saturated carbocycles. The fraction of sp³-hybridized carbons (Fsp3) is 0.562. The van der Waals surface area contributed by atoms with Crippen LogP contribution in [0, 0.1) is 17.8 Å². The molecule has 13 heteroatoms. The van der Waals surface area contributed by atoms with Gasteiger partial charge in [-0.25, -0.2) is 4.68 Å². The molecule has 2 fully saturated rings. The first-order valence-corrected chi connectivity index (χ1v) is 15.6. The first-order valence-electron chi connectivity index (χ1n) is 15.6. The molecule has 2 aromatic rings. The number of nitrogens with one attached hydrogen (secondary N) is 1. The number of ether oxygens (including phenoxy) is 2. The molecule has 13 nitrogen and oxygen atoms in total. The lowest BCUT2D eigenvalue weighted by Crippen LogP contribution is -2.58. The Bertz CT molecular complexity index is 1540. The topological polar surface area (TPSA) is 156 Å². The van der Waals surface area contributed by atoms with Crippen LogP contribution in [0.25, 0.3) is 11.0 Å². The minimum Gasteiger partial charge on any atom is -0.460 e. The molecule has 0 radical (unpaired) electrons. The van der Waals surface area contributed by atoms with E-state index in [9.17, 15) is 24.3 Å². The molecule has 0 bridgehead atoms. The van der Waals surface area contributed by atoms with Gasteiger partial charge in [-0.05, 0) is 37.8 Å². The molecule has 2 N–H and O–H groups in total. The maximum Gasteiger partial charge on any atom is 0.313 e. The largest absolute Gasteiger partial charge is 0.460 e. The van der Waals surface area contributed by atoms with Gasteiger partial charge in [0.25, 0.3) is 5.91 Å². The van der Waals surface area contributed by atoms with E-state index in [2.05, 4.69) is 15.6 Å². The van der Waals surface area contributed by atoms with Crippen LogP contribution in [0.5, 0.6) is 0 Å². The number of aromatic nitrogens is 3. The predicted octanol–water partition coefficient (Wildman–Crippen LogP) is 1.17. The lowest BCUT2D eigenvalue weighted by atomic mass is 9.78. The van der Waals surface area contributed by atoms with E-state index in [1.807, 2.05) is 38.1 Å². The van der Waals surface area contributed by atoms with Crippen LogP contribution in [0.3, 0.4) is 0 Å². The van der Waals surface area contributed by atoms with Crippen molar-refractivity contribution in [1.29, 1.82) is 0 Å². The van der Waals surface area contributed by atoms with Crippen molar-refractivity contribution in [3.63, 3.8) is 0 Å². The van der Waals surface area contributed by atoms with Crippen molar-refractivity contribution < 1.29 is 33.8 Å². The predicted molar refractivity (Wildman–Crippen MR) is 161 cm³/mol. The van der Waals surface area contributed by atoms with Crippen LogP contribution >= 0.6 is 0 Å². The van der Waals surface area contributed by atoms with Gasteiger partial charge in [-0.3, -0.25) is 19.2 Å². The number of carbonyl (C=O) groups excluding carboxylic acids is 4. The average Bonchev–Trinajstić information content (AvgIpc) is 3.60. The minimum absolute atomic E-state index is 0.0737. The van der Waals surface area contributed by atoms with Gasteiger partial charge in [-0.15, -0.1) is 5.10 Å². The number of hydrogen-bond acceptors (Lipinski definition) is 9. The quantitative estimate of drug-likeness (QED) is 0.358. The van der Waals surface area contributed by atoms with Crippen molar-refractivity contribution in [2.75, 3.05) is 19.7 Å². The Kier molecular flexibility index (Phi) is 8.49. The fourth-order valence-corrected chi connectivity index (χ4v) is 7.17. The molecule has 240 valence electrons. The molecule has 2 saturated heterocycles. The van der Waals surface area contributed by atoms with Crippen LogP contribution < -0.4 is 5.32 Å². The highest BCUT2D eigenvalue weighted by molar-refractivity contribution is 5.99. The summed E-state index contributed by atoms with van der Waals surface area (Å²) in [6.07, 6.45) is 6.61. The van der Waals surface area contributed by atoms with Crippen LogP contribution in [0.2, 0.25) is 0 Å². The van der Waals surface area contributed by atoms with Crippen molar-refractivity contribution in [3.05, 3.63) is 48.6 Å². The molecule has 45 heavy (non-hydrogen) atoms. The number of rotatable bonds is 6. The molecule has 0 unspecified atom stereocenters. The normalized spacial score (nSPS) is 31.9. The summed E-state index contributed by atoms with van der Waals surface area (Å²) in [5.41, 5.74) is -0.0522. The second kappa shape index (κ2) is 12.4. The van der Waals surface area contributed by atoms with Crippen molar-refractivity contribution in [3.8, 4) is 0 Å². The number of benzene rings is 1. The van der Waals surface area contributed by atoms with E-state index in [1.165, 1.54) is 4.90 Å². The average molecular weight is 621 g/mol. The number of esters is 1. The molecule has 1 aromatic heterocycles. The Morgan fingerprint density at radius 1 is 1.13 bits per heavy atom. The summed E-state index contributed by atoms with van der Waals surface area (Å²) in [5, 5.41) is 21.8. The number of nitrogens with zero attached hydrogens (tertiary/aromatic N) is 5. The molecule has 0 aliphatic carbocycles. The first-order chi connectivity index (χ1) is 21.6. The molecule has 1 spiro atoms.